The Kier molecular flexibility index (Phi) is 4.45. The molecule has 1 heteroatoms. The van der Waals surface area contributed by atoms with Crippen LogP contribution in [0.3, 0.4) is 0 Å². The SMILES string of the molecule is CNCC1CCC(C)CC1c1ccc(C)c(C)c1. The van der Waals surface area contributed by atoms with Crippen LogP contribution in [0.25, 0.3) is 0 Å². The monoisotopic (exact) mass is 245 g/mol. The number of rotatable bonds is 3. The predicted octanol–water partition coefficient (Wildman–Crippen LogP) is 4.04. The van der Waals surface area contributed by atoms with Crippen molar-refractivity contribution >= 4 is 0 Å². The first kappa shape index (κ1) is 13.6. The maximum atomic E-state index is 3.38. The van der Waals surface area contributed by atoms with E-state index >= 15 is 0 Å². The van der Waals surface area contributed by atoms with Gasteiger partial charge in [0.25, 0.3) is 0 Å². The quantitative estimate of drug-likeness (QED) is 0.847. The largest absolute Gasteiger partial charge is 0.319 e. The summed E-state index contributed by atoms with van der Waals surface area (Å²) in [7, 11) is 2.08. The van der Waals surface area contributed by atoms with E-state index in [2.05, 4.69) is 51.3 Å². The summed E-state index contributed by atoms with van der Waals surface area (Å²) in [5.41, 5.74) is 4.41. The molecule has 0 radical (unpaired) electrons. The molecule has 0 heterocycles. The Hall–Kier alpha value is -0.820. The lowest BCUT2D eigenvalue weighted by Gasteiger charge is -2.35. The molecule has 18 heavy (non-hydrogen) atoms. The summed E-state index contributed by atoms with van der Waals surface area (Å²) >= 11 is 0. The van der Waals surface area contributed by atoms with Crippen LogP contribution in [0.4, 0.5) is 0 Å². The fraction of sp³-hybridized carbons (Fsp3) is 0.647. The van der Waals surface area contributed by atoms with Gasteiger partial charge >= 0.3 is 0 Å². The summed E-state index contributed by atoms with van der Waals surface area (Å²) in [6.07, 6.45) is 4.13. The molecule has 0 saturated heterocycles. The predicted molar refractivity (Wildman–Crippen MR) is 79.1 cm³/mol. The van der Waals surface area contributed by atoms with Crippen LogP contribution >= 0.6 is 0 Å². The van der Waals surface area contributed by atoms with Crippen molar-refractivity contribution in [3.63, 3.8) is 0 Å². The Balaban J connectivity index is 2.23. The molecule has 1 aromatic rings. The maximum absolute atomic E-state index is 3.38. The molecule has 1 aliphatic carbocycles. The van der Waals surface area contributed by atoms with Gasteiger partial charge in [-0.25, -0.2) is 0 Å². The first-order chi connectivity index (χ1) is 8.61. The van der Waals surface area contributed by atoms with E-state index in [4.69, 9.17) is 0 Å². The van der Waals surface area contributed by atoms with Crippen LogP contribution in [0.15, 0.2) is 18.2 Å². The summed E-state index contributed by atoms with van der Waals surface area (Å²) in [6.45, 7) is 8.00. The molecule has 1 nitrogen and oxygen atoms in total. The Morgan fingerprint density at radius 2 is 1.94 bits per heavy atom. The highest BCUT2D eigenvalue weighted by Gasteiger charge is 2.29. The lowest BCUT2D eigenvalue weighted by Crippen LogP contribution is -2.30. The van der Waals surface area contributed by atoms with E-state index in [-0.39, 0.29) is 0 Å². The normalized spacial score (nSPS) is 28.3. The molecule has 0 aromatic heterocycles. The van der Waals surface area contributed by atoms with Gasteiger partial charge < -0.3 is 5.32 Å². The summed E-state index contributed by atoms with van der Waals surface area (Å²) < 4.78 is 0. The van der Waals surface area contributed by atoms with E-state index in [1.165, 1.54) is 30.4 Å². The first-order valence-electron chi connectivity index (χ1n) is 7.33. The molecule has 1 saturated carbocycles. The molecule has 0 aliphatic heterocycles. The zero-order valence-electron chi connectivity index (χ0n) is 12.3. The molecule has 1 N–H and O–H groups in total. The van der Waals surface area contributed by atoms with Gasteiger partial charge in [0.15, 0.2) is 0 Å². The van der Waals surface area contributed by atoms with E-state index in [1.807, 2.05) is 0 Å². The van der Waals surface area contributed by atoms with Crippen LogP contribution in [0.1, 0.15) is 48.8 Å². The zero-order chi connectivity index (χ0) is 13.1. The molecule has 0 bridgehead atoms. The minimum absolute atomic E-state index is 0.750. The van der Waals surface area contributed by atoms with Crippen molar-refractivity contribution in [2.75, 3.05) is 13.6 Å². The Morgan fingerprint density at radius 1 is 1.17 bits per heavy atom. The highest BCUT2D eigenvalue weighted by Crippen LogP contribution is 2.40. The van der Waals surface area contributed by atoms with Crippen LogP contribution in [-0.4, -0.2) is 13.6 Å². The van der Waals surface area contributed by atoms with Crippen molar-refractivity contribution in [2.45, 2.75) is 46.0 Å². The van der Waals surface area contributed by atoms with Crippen molar-refractivity contribution in [3.05, 3.63) is 34.9 Å². The van der Waals surface area contributed by atoms with Gasteiger partial charge in [-0.05, 0) is 74.7 Å². The van der Waals surface area contributed by atoms with Crippen molar-refractivity contribution in [2.24, 2.45) is 11.8 Å². The van der Waals surface area contributed by atoms with Gasteiger partial charge in [-0.2, -0.15) is 0 Å². The van der Waals surface area contributed by atoms with Gasteiger partial charge in [0.1, 0.15) is 0 Å². The number of aryl methyl sites for hydroxylation is 2. The van der Waals surface area contributed by atoms with Crippen LogP contribution in [-0.2, 0) is 0 Å². The lowest BCUT2D eigenvalue weighted by molar-refractivity contribution is 0.245. The van der Waals surface area contributed by atoms with Gasteiger partial charge in [0, 0.05) is 0 Å². The van der Waals surface area contributed by atoms with E-state index in [9.17, 15) is 0 Å². The molecule has 100 valence electrons. The molecule has 3 atom stereocenters. The second-order valence-corrected chi connectivity index (χ2v) is 6.19. The zero-order valence-corrected chi connectivity index (χ0v) is 12.3. The molecule has 0 spiro atoms. The molecule has 1 aromatic carbocycles. The summed E-state index contributed by atoms with van der Waals surface area (Å²) in [5, 5.41) is 3.38. The number of hydrogen-bond acceptors (Lipinski definition) is 1. The maximum Gasteiger partial charge on any atom is -0.00177 e. The van der Waals surface area contributed by atoms with Crippen LogP contribution in [0.5, 0.6) is 0 Å². The van der Waals surface area contributed by atoms with Gasteiger partial charge in [0.2, 0.25) is 0 Å². The molecule has 0 amide bonds. The third-order valence-corrected chi connectivity index (χ3v) is 4.68. The summed E-state index contributed by atoms with van der Waals surface area (Å²) in [5.74, 6) is 2.44. The second-order valence-electron chi connectivity index (χ2n) is 6.19. The number of benzene rings is 1. The second kappa shape index (κ2) is 5.88. The van der Waals surface area contributed by atoms with Crippen molar-refractivity contribution in [1.29, 1.82) is 0 Å². The summed E-state index contributed by atoms with van der Waals surface area (Å²) in [4.78, 5) is 0. The first-order valence-corrected chi connectivity index (χ1v) is 7.33. The minimum atomic E-state index is 0.750. The third-order valence-electron chi connectivity index (χ3n) is 4.68. The van der Waals surface area contributed by atoms with Gasteiger partial charge in [0.05, 0.1) is 0 Å². The Bertz CT molecular complexity index is 397. The van der Waals surface area contributed by atoms with E-state index in [1.54, 1.807) is 5.56 Å². The van der Waals surface area contributed by atoms with E-state index in [0.717, 1.165) is 24.3 Å². The fourth-order valence-electron chi connectivity index (χ4n) is 3.35. The third kappa shape index (κ3) is 2.95. The van der Waals surface area contributed by atoms with Crippen LogP contribution in [0, 0.1) is 25.7 Å². The Morgan fingerprint density at radius 3 is 2.61 bits per heavy atom. The number of hydrogen-bond donors (Lipinski definition) is 1. The summed E-state index contributed by atoms with van der Waals surface area (Å²) in [6, 6.07) is 7.06. The molecule has 1 aliphatic rings. The average molecular weight is 245 g/mol. The average Bonchev–Trinajstić information content (AvgIpc) is 2.35. The minimum Gasteiger partial charge on any atom is -0.319 e. The van der Waals surface area contributed by atoms with Gasteiger partial charge in [-0.15, -0.1) is 0 Å². The van der Waals surface area contributed by atoms with Crippen LogP contribution < -0.4 is 5.32 Å². The standard InChI is InChI=1S/C17H27N/c1-12-5-7-16(11-18-4)17(9-12)15-8-6-13(2)14(3)10-15/h6,8,10,12,16-18H,5,7,9,11H2,1-4H3. The van der Waals surface area contributed by atoms with Gasteiger partial charge in [-0.3, -0.25) is 0 Å². The molecule has 1 fully saturated rings. The van der Waals surface area contributed by atoms with Crippen molar-refractivity contribution in [3.8, 4) is 0 Å². The smallest absolute Gasteiger partial charge is 0.00177 e. The molecule has 3 unspecified atom stereocenters. The highest BCUT2D eigenvalue weighted by molar-refractivity contribution is 5.32. The van der Waals surface area contributed by atoms with Crippen LogP contribution in [0.2, 0.25) is 0 Å². The fourth-order valence-corrected chi connectivity index (χ4v) is 3.35. The van der Waals surface area contributed by atoms with Crippen molar-refractivity contribution < 1.29 is 0 Å². The van der Waals surface area contributed by atoms with Gasteiger partial charge in [-0.1, -0.05) is 31.5 Å². The lowest BCUT2D eigenvalue weighted by atomic mass is 9.71. The van der Waals surface area contributed by atoms with E-state index < -0.39 is 0 Å². The van der Waals surface area contributed by atoms with E-state index in [0.29, 0.717) is 0 Å². The Labute approximate surface area is 112 Å². The van der Waals surface area contributed by atoms with Crippen molar-refractivity contribution in [1.82, 2.24) is 5.32 Å². The topological polar surface area (TPSA) is 12.0 Å². The molecular formula is C17H27N. The number of nitrogens with one attached hydrogen (secondary N) is 1. The molecule has 2 rings (SSSR count). The highest BCUT2D eigenvalue weighted by atomic mass is 14.8. The molecular weight excluding hydrogens is 218 g/mol.